The highest BCUT2D eigenvalue weighted by Gasteiger charge is 2.36. The molecule has 6 rings (SSSR count). The van der Waals surface area contributed by atoms with E-state index in [1.54, 1.807) is 15.5 Å². The molecule has 0 saturated carbocycles. The molecule has 2 saturated heterocycles. The highest BCUT2D eigenvalue weighted by atomic mass is 16.5. The Morgan fingerprint density at radius 1 is 0.902 bits per heavy atom. The molecular weight excluding hydrogens is 544 g/mol. The maximum absolute atomic E-state index is 10.6. The fourth-order valence-corrected chi connectivity index (χ4v) is 4.75. The summed E-state index contributed by atoms with van der Waals surface area (Å²) in [4.78, 5) is 31.1. The molecule has 2 aliphatic rings. The number of ether oxygens (including phenoxy) is 2. The Balaban J connectivity index is 0.000000169. The predicted octanol–water partition coefficient (Wildman–Crippen LogP) is -2.12. The van der Waals surface area contributed by atoms with Crippen molar-refractivity contribution in [3.8, 4) is 0 Å². The van der Waals surface area contributed by atoms with Gasteiger partial charge in [-0.3, -0.25) is 19.3 Å². The molecule has 18 heteroatoms. The van der Waals surface area contributed by atoms with Crippen molar-refractivity contribution in [2.45, 2.75) is 62.7 Å². The number of rotatable bonds is 7. The van der Waals surface area contributed by atoms with Crippen LogP contribution in [0.4, 0.5) is 5.82 Å². The van der Waals surface area contributed by atoms with E-state index in [9.17, 15) is 15.0 Å². The Morgan fingerprint density at radius 3 is 2.00 bits per heavy atom. The Kier molecular flexibility index (Phi) is 8.20. The normalized spacial score (nSPS) is 26.0. The van der Waals surface area contributed by atoms with Crippen LogP contribution in [-0.4, -0.2) is 108 Å². The van der Waals surface area contributed by atoms with E-state index in [2.05, 4.69) is 24.9 Å². The number of hydrogen-bond donors (Lipinski definition) is 7. The molecule has 2 aliphatic heterocycles. The van der Waals surface area contributed by atoms with Gasteiger partial charge in [0.25, 0.3) is 0 Å². The average molecular weight is 575 g/mol. The third-order valence-corrected chi connectivity index (χ3v) is 6.94. The number of fused-ring (bicyclic) bond motifs is 2. The summed E-state index contributed by atoms with van der Waals surface area (Å²) in [6.45, 7) is -0.368. The van der Waals surface area contributed by atoms with Crippen molar-refractivity contribution in [1.82, 2.24) is 38.6 Å². The van der Waals surface area contributed by atoms with Crippen LogP contribution in [-0.2, 0) is 20.8 Å². The van der Waals surface area contributed by atoms with Gasteiger partial charge in [-0.25, -0.2) is 24.9 Å². The smallest absolute Gasteiger partial charge is 0.305 e. The van der Waals surface area contributed by atoms with Gasteiger partial charge in [0.05, 0.1) is 50.8 Å². The van der Waals surface area contributed by atoms with Gasteiger partial charge in [-0.1, -0.05) is 0 Å². The van der Waals surface area contributed by atoms with Crippen molar-refractivity contribution in [3.63, 3.8) is 0 Å². The van der Waals surface area contributed by atoms with Gasteiger partial charge in [0, 0.05) is 19.4 Å². The van der Waals surface area contributed by atoms with E-state index < -0.39 is 42.8 Å². The number of aryl methyl sites for hydroxylation is 1. The maximum atomic E-state index is 10.6. The summed E-state index contributed by atoms with van der Waals surface area (Å²) in [5, 5.41) is 54.6. The van der Waals surface area contributed by atoms with Crippen LogP contribution in [0.3, 0.4) is 0 Å². The quantitative estimate of drug-likeness (QED) is 0.124. The molecule has 41 heavy (non-hydrogen) atoms. The summed E-state index contributed by atoms with van der Waals surface area (Å²) in [5.74, 6) is -0.651. The number of aliphatic hydroxyl groups is 4. The van der Waals surface area contributed by atoms with Crippen molar-refractivity contribution in [3.05, 3.63) is 30.8 Å². The predicted molar refractivity (Wildman–Crippen MR) is 137 cm³/mol. The van der Waals surface area contributed by atoms with Crippen LogP contribution in [0.5, 0.6) is 0 Å². The van der Waals surface area contributed by atoms with E-state index in [1.165, 1.54) is 23.5 Å². The second-order valence-electron chi connectivity index (χ2n) is 9.57. The van der Waals surface area contributed by atoms with E-state index in [4.69, 9.17) is 35.9 Å². The number of anilines is 1. The van der Waals surface area contributed by atoms with Crippen molar-refractivity contribution in [1.29, 1.82) is 5.41 Å². The summed E-state index contributed by atoms with van der Waals surface area (Å²) < 4.78 is 15.8. The average Bonchev–Trinajstić information content (AvgIpc) is 3.73. The van der Waals surface area contributed by atoms with Gasteiger partial charge >= 0.3 is 5.97 Å². The molecule has 0 spiro atoms. The second kappa shape index (κ2) is 11.8. The number of nitrogens with one attached hydrogen (secondary N) is 1. The Morgan fingerprint density at radius 2 is 1.46 bits per heavy atom. The van der Waals surface area contributed by atoms with Gasteiger partial charge in [-0.2, -0.15) is 0 Å². The van der Waals surface area contributed by atoms with Gasteiger partial charge in [0.2, 0.25) is 0 Å². The third-order valence-electron chi connectivity index (χ3n) is 6.94. The van der Waals surface area contributed by atoms with Gasteiger partial charge in [-0.05, 0) is 0 Å². The molecule has 18 nitrogen and oxygen atoms in total. The monoisotopic (exact) mass is 574 g/mol. The first-order valence-corrected chi connectivity index (χ1v) is 12.7. The van der Waals surface area contributed by atoms with Crippen LogP contribution < -0.4 is 11.2 Å². The molecule has 220 valence electrons. The van der Waals surface area contributed by atoms with Gasteiger partial charge in [-0.15, -0.1) is 0 Å². The molecule has 4 aromatic heterocycles. The number of aliphatic carboxylic acids is 1. The first kappa shape index (κ1) is 28.5. The maximum Gasteiger partial charge on any atom is 0.305 e. The van der Waals surface area contributed by atoms with Gasteiger partial charge in [0.15, 0.2) is 22.6 Å². The summed E-state index contributed by atoms with van der Waals surface area (Å²) in [5.41, 5.74) is 7.55. The SMILES string of the molecule is N=c1c2ncn([C@H]3C[C@H](O)[C@@H](CO)O3)c2ncn1CCC(=O)O.Nc1ncnc2c1ncn2[C@H]1C[C@H](O)[C@@H](CO)O1. The summed E-state index contributed by atoms with van der Waals surface area (Å²) in [7, 11) is 0. The van der Waals surface area contributed by atoms with E-state index >= 15 is 0 Å². The minimum Gasteiger partial charge on any atom is -0.481 e. The molecule has 8 N–H and O–H groups in total. The first-order chi connectivity index (χ1) is 19.7. The van der Waals surface area contributed by atoms with E-state index in [0.29, 0.717) is 41.0 Å². The molecule has 0 aromatic carbocycles. The number of carbonyl (C=O) groups is 1. The zero-order valence-corrected chi connectivity index (χ0v) is 21.6. The molecular formula is C23H30N10O8. The van der Waals surface area contributed by atoms with E-state index in [0.717, 1.165) is 0 Å². The fraction of sp³-hybridized carbons (Fsp3) is 0.522. The lowest BCUT2D eigenvalue weighted by Gasteiger charge is -2.13. The molecule has 0 aliphatic carbocycles. The Bertz CT molecular complexity index is 1590. The molecule has 2 fully saturated rings. The highest BCUT2D eigenvalue weighted by molar-refractivity contribution is 5.81. The van der Waals surface area contributed by atoms with Crippen LogP contribution in [0.1, 0.15) is 31.7 Å². The number of hydrogen-bond acceptors (Lipinski definition) is 14. The zero-order valence-electron chi connectivity index (χ0n) is 21.6. The van der Waals surface area contributed by atoms with E-state index in [-0.39, 0.29) is 31.7 Å². The topological polar surface area (TPSA) is 266 Å². The van der Waals surface area contributed by atoms with Gasteiger partial charge in [0.1, 0.15) is 42.0 Å². The lowest BCUT2D eigenvalue weighted by molar-refractivity contribution is -0.137. The van der Waals surface area contributed by atoms with Crippen LogP contribution in [0.15, 0.2) is 25.3 Å². The van der Waals surface area contributed by atoms with Crippen molar-refractivity contribution < 1.29 is 39.8 Å². The van der Waals surface area contributed by atoms with Crippen molar-refractivity contribution in [2.24, 2.45) is 0 Å². The number of aromatic nitrogens is 8. The number of carboxylic acids is 1. The lowest BCUT2D eigenvalue weighted by atomic mass is 10.2. The largest absolute Gasteiger partial charge is 0.481 e. The first-order valence-electron chi connectivity index (χ1n) is 12.7. The van der Waals surface area contributed by atoms with Crippen molar-refractivity contribution >= 4 is 34.1 Å². The number of carboxylic acid groups (broad SMARTS) is 1. The highest BCUT2D eigenvalue weighted by Crippen LogP contribution is 2.31. The molecule has 0 unspecified atom stereocenters. The standard InChI is InChI=1S/C13H17N5O5.C10H13N5O3/c14-12-11-13(16-5-17(12)2-1-10(21)22)18(6-15-11)9-3-7(20)8(4-19)23-9;11-9-8-10(13-3-12-9)15(4-14-8)7-1-5(17)6(2-16)18-7/h5-9,14,19-20H,1-4H2,(H,21,22);3-7,16-17H,1-2H2,(H2,11,12,13)/t7-,8+,9+;5-,6+,7+/m00/s1. The fourth-order valence-electron chi connectivity index (χ4n) is 4.75. The van der Waals surface area contributed by atoms with Gasteiger partial charge < -0.3 is 45.3 Å². The van der Waals surface area contributed by atoms with Crippen LogP contribution in [0.25, 0.3) is 22.3 Å². The number of nitrogens with two attached hydrogens (primary N) is 1. The van der Waals surface area contributed by atoms with Crippen LogP contribution in [0, 0.1) is 5.41 Å². The molecule has 0 amide bonds. The minimum atomic E-state index is -0.953. The number of nitrogens with zero attached hydrogens (tertiary/aromatic N) is 8. The lowest BCUT2D eigenvalue weighted by Crippen LogP contribution is -2.24. The number of nitrogen functional groups attached to an aromatic ring is 1. The number of aliphatic hydroxyl groups excluding tert-OH is 4. The minimum absolute atomic E-state index is 0.0623. The van der Waals surface area contributed by atoms with Crippen LogP contribution >= 0.6 is 0 Å². The van der Waals surface area contributed by atoms with Crippen LogP contribution in [0.2, 0.25) is 0 Å². The number of imidazole rings is 2. The van der Waals surface area contributed by atoms with Crippen molar-refractivity contribution in [2.75, 3.05) is 18.9 Å². The summed E-state index contributed by atoms with van der Waals surface area (Å²) in [6.07, 6.45) is 2.68. The molecule has 0 bridgehead atoms. The molecule has 4 aromatic rings. The Labute approximate surface area is 230 Å². The molecule has 0 radical (unpaired) electrons. The summed E-state index contributed by atoms with van der Waals surface area (Å²) in [6, 6.07) is 0. The summed E-state index contributed by atoms with van der Waals surface area (Å²) >= 11 is 0. The van der Waals surface area contributed by atoms with E-state index in [1.807, 2.05) is 0 Å². The molecule has 6 atom stereocenters. The third kappa shape index (κ3) is 5.60. The zero-order chi connectivity index (χ0) is 29.3. The molecule has 6 heterocycles. The second-order valence-corrected chi connectivity index (χ2v) is 9.57. The Hall–Kier alpha value is -4.07.